The lowest BCUT2D eigenvalue weighted by molar-refractivity contribution is 0.00198. The minimum atomic E-state index is -0.589. The summed E-state index contributed by atoms with van der Waals surface area (Å²) in [4.78, 5) is 29.0. The fourth-order valence-corrected chi connectivity index (χ4v) is 4.01. The summed E-state index contributed by atoms with van der Waals surface area (Å²) in [6, 6.07) is 5.05. The van der Waals surface area contributed by atoms with Gasteiger partial charge in [-0.2, -0.15) is 0 Å². The highest BCUT2D eigenvalue weighted by Crippen LogP contribution is 2.37. The Morgan fingerprint density at radius 3 is 2.22 bits per heavy atom. The van der Waals surface area contributed by atoms with E-state index in [1.54, 1.807) is 28.0 Å². The van der Waals surface area contributed by atoms with Crippen LogP contribution in [0.25, 0.3) is 0 Å². The molecule has 0 spiro atoms. The molecule has 176 valence electrons. The van der Waals surface area contributed by atoms with Gasteiger partial charge >= 0.3 is 13.2 Å². The van der Waals surface area contributed by atoms with Crippen molar-refractivity contribution in [3.63, 3.8) is 0 Å². The molecule has 3 rings (SSSR count). The molecular formula is C23H34BClN2O5. The molecule has 2 aliphatic heterocycles. The Morgan fingerprint density at radius 2 is 1.72 bits per heavy atom. The zero-order valence-electron chi connectivity index (χ0n) is 20.3. The fraction of sp³-hybridized carbons (Fsp3) is 0.652. The van der Waals surface area contributed by atoms with Gasteiger partial charge in [-0.3, -0.25) is 4.79 Å². The monoisotopic (exact) mass is 464 g/mol. The van der Waals surface area contributed by atoms with Gasteiger partial charge in [0.05, 0.1) is 11.2 Å². The second-order valence-electron chi connectivity index (χ2n) is 10.6. The molecule has 2 fully saturated rings. The first-order valence-corrected chi connectivity index (χ1v) is 11.4. The van der Waals surface area contributed by atoms with E-state index in [1.165, 1.54) is 0 Å². The van der Waals surface area contributed by atoms with E-state index < -0.39 is 23.9 Å². The molecule has 2 saturated heterocycles. The number of hydrogen-bond acceptors (Lipinski definition) is 5. The Bertz CT molecular complexity index is 883. The summed E-state index contributed by atoms with van der Waals surface area (Å²) in [7, 11) is -0.589. The molecule has 0 unspecified atom stereocenters. The van der Waals surface area contributed by atoms with Crippen LogP contribution >= 0.6 is 11.6 Å². The van der Waals surface area contributed by atoms with Gasteiger partial charge in [0.2, 0.25) is 0 Å². The SMILES string of the molecule is C[C@@H]1CN(C(=O)c2ccc(B3OC(C)(C)C(C)(C)O3)c(Cl)c2)CCN1C(=O)OC(C)(C)C. The van der Waals surface area contributed by atoms with Crippen LogP contribution in [0.1, 0.15) is 65.7 Å². The molecule has 1 aromatic carbocycles. The minimum Gasteiger partial charge on any atom is -0.444 e. The topological polar surface area (TPSA) is 68.3 Å². The molecule has 0 aliphatic carbocycles. The maximum atomic E-state index is 13.1. The van der Waals surface area contributed by atoms with Gasteiger partial charge in [0.15, 0.2) is 0 Å². The van der Waals surface area contributed by atoms with Crippen molar-refractivity contribution in [3.05, 3.63) is 28.8 Å². The molecule has 0 aromatic heterocycles. The third-order valence-electron chi connectivity index (χ3n) is 6.30. The van der Waals surface area contributed by atoms with Crippen molar-refractivity contribution in [2.24, 2.45) is 0 Å². The van der Waals surface area contributed by atoms with Gasteiger partial charge in [-0.25, -0.2) is 4.79 Å². The zero-order chi connectivity index (χ0) is 24.1. The van der Waals surface area contributed by atoms with E-state index in [0.717, 1.165) is 0 Å². The summed E-state index contributed by atoms with van der Waals surface area (Å²) in [5, 5.41) is 0.426. The molecule has 2 amide bonds. The van der Waals surface area contributed by atoms with Crippen molar-refractivity contribution < 1.29 is 23.6 Å². The molecule has 2 aliphatic rings. The van der Waals surface area contributed by atoms with Gasteiger partial charge < -0.3 is 23.8 Å². The number of carbonyl (C=O) groups is 2. The van der Waals surface area contributed by atoms with Crippen LogP contribution in [0, 0.1) is 0 Å². The quantitative estimate of drug-likeness (QED) is 0.624. The maximum Gasteiger partial charge on any atom is 0.496 e. The van der Waals surface area contributed by atoms with E-state index in [9.17, 15) is 9.59 Å². The highest BCUT2D eigenvalue weighted by Gasteiger charge is 2.52. The second-order valence-corrected chi connectivity index (χ2v) is 11.0. The number of carbonyl (C=O) groups excluding carboxylic acids is 2. The lowest BCUT2D eigenvalue weighted by atomic mass is 9.78. The average Bonchev–Trinajstić information content (AvgIpc) is 2.86. The van der Waals surface area contributed by atoms with Crippen LogP contribution in [0.15, 0.2) is 18.2 Å². The average molecular weight is 465 g/mol. The van der Waals surface area contributed by atoms with Crippen molar-refractivity contribution in [2.45, 2.75) is 78.2 Å². The summed E-state index contributed by atoms with van der Waals surface area (Å²) in [5.41, 5.74) is -0.309. The normalized spacial score (nSPS) is 22.8. The third kappa shape index (κ3) is 5.08. The predicted molar refractivity (Wildman–Crippen MR) is 125 cm³/mol. The minimum absolute atomic E-state index is 0.122. The highest BCUT2D eigenvalue weighted by molar-refractivity contribution is 6.65. The summed E-state index contributed by atoms with van der Waals surface area (Å²) in [6.45, 7) is 16.6. The molecular weight excluding hydrogens is 431 g/mol. The van der Waals surface area contributed by atoms with E-state index >= 15 is 0 Å². The summed E-state index contributed by atoms with van der Waals surface area (Å²) >= 11 is 6.53. The van der Waals surface area contributed by atoms with Gasteiger partial charge in [-0.1, -0.05) is 17.7 Å². The number of nitrogens with zero attached hydrogens (tertiary/aromatic N) is 2. The summed E-state index contributed by atoms with van der Waals surface area (Å²) in [6.07, 6.45) is -0.355. The highest BCUT2D eigenvalue weighted by atomic mass is 35.5. The van der Waals surface area contributed by atoms with Crippen LogP contribution in [-0.4, -0.2) is 71.4 Å². The van der Waals surface area contributed by atoms with Gasteiger partial charge in [0, 0.05) is 41.7 Å². The van der Waals surface area contributed by atoms with Crippen molar-refractivity contribution in [1.82, 2.24) is 9.80 Å². The van der Waals surface area contributed by atoms with E-state index in [4.69, 9.17) is 25.6 Å². The Morgan fingerprint density at radius 1 is 1.12 bits per heavy atom. The van der Waals surface area contributed by atoms with Gasteiger partial charge in [0.25, 0.3) is 5.91 Å². The van der Waals surface area contributed by atoms with E-state index in [1.807, 2.05) is 55.4 Å². The Balaban J connectivity index is 1.68. The third-order valence-corrected chi connectivity index (χ3v) is 6.62. The fourth-order valence-electron chi connectivity index (χ4n) is 3.74. The van der Waals surface area contributed by atoms with Crippen molar-refractivity contribution >= 4 is 36.2 Å². The molecule has 2 heterocycles. The lowest BCUT2D eigenvalue weighted by Gasteiger charge is -2.40. The summed E-state index contributed by atoms with van der Waals surface area (Å²) in [5.74, 6) is -0.122. The van der Waals surface area contributed by atoms with Gasteiger partial charge in [-0.05, 0) is 67.5 Å². The number of halogens is 1. The van der Waals surface area contributed by atoms with Crippen molar-refractivity contribution in [1.29, 1.82) is 0 Å². The van der Waals surface area contributed by atoms with Crippen molar-refractivity contribution in [2.75, 3.05) is 19.6 Å². The molecule has 7 nitrogen and oxygen atoms in total. The van der Waals surface area contributed by atoms with Crippen LogP contribution < -0.4 is 5.46 Å². The van der Waals surface area contributed by atoms with Crippen LogP contribution in [0.2, 0.25) is 5.02 Å². The van der Waals surface area contributed by atoms with E-state index in [-0.39, 0.29) is 18.0 Å². The number of ether oxygens (including phenoxy) is 1. The first-order valence-electron chi connectivity index (χ1n) is 11.1. The second kappa shape index (κ2) is 8.54. The smallest absolute Gasteiger partial charge is 0.444 e. The largest absolute Gasteiger partial charge is 0.496 e. The predicted octanol–water partition coefficient (Wildman–Crippen LogP) is 3.72. The molecule has 0 saturated carbocycles. The molecule has 0 N–H and O–H groups in total. The van der Waals surface area contributed by atoms with Gasteiger partial charge in [-0.15, -0.1) is 0 Å². The molecule has 0 radical (unpaired) electrons. The summed E-state index contributed by atoms with van der Waals surface area (Å²) < 4.78 is 17.6. The first-order chi connectivity index (χ1) is 14.6. The molecule has 9 heteroatoms. The molecule has 0 bridgehead atoms. The van der Waals surface area contributed by atoms with E-state index in [0.29, 0.717) is 35.7 Å². The van der Waals surface area contributed by atoms with Crippen LogP contribution in [0.3, 0.4) is 0 Å². The number of hydrogen-bond donors (Lipinski definition) is 0. The van der Waals surface area contributed by atoms with Gasteiger partial charge in [0.1, 0.15) is 5.60 Å². The molecule has 32 heavy (non-hydrogen) atoms. The Labute approximate surface area is 196 Å². The lowest BCUT2D eigenvalue weighted by Crippen LogP contribution is -2.56. The standard InChI is InChI=1S/C23H34BClN2O5/c1-15-14-26(11-12-27(15)20(29)30-21(2,3)4)19(28)16-9-10-17(18(25)13-16)24-31-22(5,6)23(7,8)32-24/h9-10,13,15H,11-12,14H2,1-8H3/t15-/m1/s1. The Kier molecular flexibility index (Phi) is 6.64. The first kappa shape index (κ1) is 24.9. The number of amides is 2. The zero-order valence-corrected chi connectivity index (χ0v) is 21.1. The maximum absolute atomic E-state index is 13.1. The van der Waals surface area contributed by atoms with E-state index in [2.05, 4.69) is 0 Å². The molecule has 1 aromatic rings. The van der Waals surface area contributed by atoms with Crippen LogP contribution in [0.4, 0.5) is 4.79 Å². The number of benzene rings is 1. The number of piperazine rings is 1. The number of rotatable bonds is 2. The van der Waals surface area contributed by atoms with Crippen LogP contribution in [-0.2, 0) is 14.0 Å². The molecule has 1 atom stereocenters. The Hall–Kier alpha value is -1.77. The van der Waals surface area contributed by atoms with Crippen LogP contribution in [0.5, 0.6) is 0 Å². The van der Waals surface area contributed by atoms with Crippen molar-refractivity contribution in [3.8, 4) is 0 Å².